The second-order valence-corrected chi connectivity index (χ2v) is 7.12. The second-order valence-electron chi connectivity index (χ2n) is 6.19. The molecule has 2 atom stereocenters. The molecule has 1 fully saturated rings. The first-order valence-corrected chi connectivity index (χ1v) is 9.00. The standard InChI is InChI=1S/C19H20N3S/c1-13-3-5-15(6-4-13)19-12-23-11-14(2)22(19)17-8-7-16-10-20-21-18(16)9-17/h3-11,14,19H,12H2,1-2H3,(H,20,21). The normalized spacial score (nSPS) is 21.7. The van der Waals surface area contributed by atoms with Crippen molar-refractivity contribution in [3.05, 3.63) is 65.5 Å². The molecule has 0 aliphatic carbocycles. The van der Waals surface area contributed by atoms with Crippen LogP contribution in [0.25, 0.3) is 10.9 Å². The summed E-state index contributed by atoms with van der Waals surface area (Å²) in [5.74, 6) is 3.41. The van der Waals surface area contributed by atoms with Crippen LogP contribution in [0.15, 0.2) is 48.7 Å². The van der Waals surface area contributed by atoms with Crippen LogP contribution in [0.1, 0.15) is 24.1 Å². The van der Waals surface area contributed by atoms with Gasteiger partial charge in [0, 0.05) is 28.6 Å². The Morgan fingerprint density at radius 2 is 2.00 bits per heavy atom. The number of aromatic amines is 1. The zero-order valence-electron chi connectivity index (χ0n) is 13.4. The monoisotopic (exact) mass is 322 g/mol. The van der Waals surface area contributed by atoms with Gasteiger partial charge in [-0.15, -0.1) is 0 Å². The third-order valence-electron chi connectivity index (χ3n) is 4.51. The number of aryl methyl sites for hydroxylation is 1. The fourth-order valence-electron chi connectivity index (χ4n) is 3.26. The van der Waals surface area contributed by atoms with Crippen molar-refractivity contribution < 1.29 is 0 Å². The minimum Gasteiger partial charge on any atom is -0.360 e. The molecule has 1 saturated heterocycles. The van der Waals surface area contributed by atoms with Crippen molar-refractivity contribution >= 4 is 28.4 Å². The lowest BCUT2D eigenvalue weighted by Crippen LogP contribution is -2.41. The van der Waals surface area contributed by atoms with E-state index >= 15 is 0 Å². The Morgan fingerprint density at radius 3 is 2.83 bits per heavy atom. The lowest BCUT2D eigenvalue weighted by molar-refractivity contribution is 0.617. The largest absolute Gasteiger partial charge is 0.360 e. The highest BCUT2D eigenvalue weighted by Crippen LogP contribution is 2.39. The van der Waals surface area contributed by atoms with E-state index in [0.29, 0.717) is 12.1 Å². The topological polar surface area (TPSA) is 31.9 Å². The summed E-state index contributed by atoms with van der Waals surface area (Å²) in [7, 11) is 0. The number of hydrogen-bond acceptors (Lipinski definition) is 3. The summed E-state index contributed by atoms with van der Waals surface area (Å²) in [5.41, 5.74) is 5.03. The molecule has 4 heteroatoms. The van der Waals surface area contributed by atoms with Crippen molar-refractivity contribution in [1.82, 2.24) is 10.2 Å². The highest BCUT2D eigenvalue weighted by molar-refractivity contribution is 8.01. The summed E-state index contributed by atoms with van der Waals surface area (Å²) in [5, 5.41) is 8.38. The molecule has 1 radical (unpaired) electrons. The van der Waals surface area contributed by atoms with Crippen LogP contribution in [0.5, 0.6) is 0 Å². The van der Waals surface area contributed by atoms with Crippen molar-refractivity contribution in [2.45, 2.75) is 25.9 Å². The smallest absolute Gasteiger partial charge is 0.0670 e. The third kappa shape index (κ3) is 2.72. The van der Waals surface area contributed by atoms with Gasteiger partial charge < -0.3 is 4.90 Å². The van der Waals surface area contributed by atoms with E-state index in [1.165, 1.54) is 16.8 Å². The summed E-state index contributed by atoms with van der Waals surface area (Å²) in [6.07, 6.45) is 1.87. The van der Waals surface area contributed by atoms with E-state index in [1.807, 2.05) is 18.0 Å². The van der Waals surface area contributed by atoms with Crippen molar-refractivity contribution in [2.75, 3.05) is 10.7 Å². The Kier molecular flexibility index (Phi) is 3.77. The molecule has 2 heterocycles. The molecule has 1 aliphatic heterocycles. The number of aromatic nitrogens is 2. The highest BCUT2D eigenvalue weighted by Gasteiger charge is 2.30. The van der Waals surface area contributed by atoms with Gasteiger partial charge in [0.15, 0.2) is 0 Å². The summed E-state index contributed by atoms with van der Waals surface area (Å²) >= 11 is 1.93. The number of fused-ring (bicyclic) bond motifs is 1. The van der Waals surface area contributed by atoms with Gasteiger partial charge in [0.2, 0.25) is 0 Å². The van der Waals surface area contributed by atoms with E-state index in [9.17, 15) is 0 Å². The van der Waals surface area contributed by atoms with Crippen LogP contribution in [0.4, 0.5) is 5.69 Å². The molecule has 0 bridgehead atoms. The van der Waals surface area contributed by atoms with Crippen LogP contribution in [-0.4, -0.2) is 22.0 Å². The number of nitrogens with one attached hydrogen (secondary N) is 1. The van der Waals surface area contributed by atoms with Crippen LogP contribution in [0.2, 0.25) is 0 Å². The van der Waals surface area contributed by atoms with E-state index in [4.69, 9.17) is 0 Å². The number of rotatable bonds is 2. The molecule has 1 aliphatic rings. The molecule has 3 aromatic rings. The quantitative estimate of drug-likeness (QED) is 0.741. The van der Waals surface area contributed by atoms with Gasteiger partial charge in [0.05, 0.1) is 17.8 Å². The molecular formula is C19H20N3S. The summed E-state index contributed by atoms with van der Waals surface area (Å²) < 4.78 is 0. The van der Waals surface area contributed by atoms with Crippen molar-refractivity contribution in [1.29, 1.82) is 0 Å². The SMILES string of the molecule is Cc1ccc(C2CS[CH]C(C)N2c2ccc3cn[nH]c3c2)cc1. The number of hydrogen-bond donors (Lipinski definition) is 1. The first kappa shape index (κ1) is 14.6. The molecule has 4 rings (SSSR count). The van der Waals surface area contributed by atoms with Gasteiger partial charge in [-0.2, -0.15) is 16.9 Å². The van der Waals surface area contributed by atoms with Gasteiger partial charge in [-0.3, -0.25) is 5.10 Å². The molecular weight excluding hydrogens is 302 g/mol. The van der Waals surface area contributed by atoms with Gasteiger partial charge in [-0.25, -0.2) is 0 Å². The maximum atomic E-state index is 4.14. The Morgan fingerprint density at radius 1 is 1.17 bits per heavy atom. The third-order valence-corrected chi connectivity index (χ3v) is 5.60. The Balaban J connectivity index is 1.75. The van der Waals surface area contributed by atoms with Crippen molar-refractivity contribution in [3.8, 4) is 0 Å². The minimum absolute atomic E-state index is 0.389. The van der Waals surface area contributed by atoms with Gasteiger partial charge in [0.1, 0.15) is 0 Å². The number of anilines is 1. The molecule has 1 aromatic heterocycles. The summed E-state index contributed by atoms with van der Waals surface area (Å²) in [6, 6.07) is 16.3. The fourth-order valence-corrected chi connectivity index (χ4v) is 4.32. The second kappa shape index (κ2) is 5.93. The molecule has 23 heavy (non-hydrogen) atoms. The lowest BCUT2D eigenvalue weighted by Gasteiger charge is -2.42. The lowest BCUT2D eigenvalue weighted by atomic mass is 10.0. The van der Waals surface area contributed by atoms with Gasteiger partial charge in [-0.05, 0) is 37.6 Å². The van der Waals surface area contributed by atoms with Crippen LogP contribution in [-0.2, 0) is 0 Å². The Bertz CT molecular complexity index is 809. The number of nitrogens with zero attached hydrogens (tertiary/aromatic N) is 2. The molecule has 0 saturated carbocycles. The zero-order valence-corrected chi connectivity index (χ0v) is 14.2. The molecule has 0 spiro atoms. The van der Waals surface area contributed by atoms with Crippen LogP contribution < -0.4 is 4.90 Å². The summed E-state index contributed by atoms with van der Waals surface area (Å²) in [4.78, 5) is 2.52. The van der Waals surface area contributed by atoms with Gasteiger partial charge >= 0.3 is 0 Å². The van der Waals surface area contributed by atoms with E-state index in [0.717, 1.165) is 16.7 Å². The maximum absolute atomic E-state index is 4.14. The highest BCUT2D eigenvalue weighted by atomic mass is 32.2. The molecule has 1 N–H and O–H groups in total. The predicted octanol–water partition coefficient (Wildman–Crippen LogP) is 4.72. The number of thioether (sulfide) groups is 1. The molecule has 117 valence electrons. The van der Waals surface area contributed by atoms with Crippen LogP contribution in [0.3, 0.4) is 0 Å². The van der Waals surface area contributed by atoms with E-state index in [1.54, 1.807) is 0 Å². The average molecular weight is 322 g/mol. The van der Waals surface area contributed by atoms with Gasteiger partial charge in [0.25, 0.3) is 0 Å². The van der Waals surface area contributed by atoms with E-state index in [-0.39, 0.29) is 0 Å². The first-order valence-electron chi connectivity index (χ1n) is 7.95. The number of H-pyrrole nitrogens is 1. The number of benzene rings is 2. The van der Waals surface area contributed by atoms with E-state index < -0.39 is 0 Å². The maximum Gasteiger partial charge on any atom is 0.0670 e. The van der Waals surface area contributed by atoms with Crippen LogP contribution in [0, 0.1) is 12.7 Å². The van der Waals surface area contributed by atoms with E-state index in [2.05, 4.69) is 77.2 Å². The summed E-state index contributed by atoms with van der Waals surface area (Å²) in [6.45, 7) is 4.41. The Hall–Kier alpha value is -1.94. The molecule has 3 nitrogen and oxygen atoms in total. The fraction of sp³-hybridized carbons (Fsp3) is 0.263. The van der Waals surface area contributed by atoms with Crippen LogP contribution >= 0.6 is 11.8 Å². The molecule has 2 unspecified atom stereocenters. The molecule has 0 amide bonds. The Labute approximate surface area is 141 Å². The first-order chi connectivity index (χ1) is 11.2. The van der Waals surface area contributed by atoms with Crippen molar-refractivity contribution in [3.63, 3.8) is 0 Å². The predicted molar refractivity (Wildman–Crippen MR) is 98.7 cm³/mol. The zero-order chi connectivity index (χ0) is 15.8. The minimum atomic E-state index is 0.389. The van der Waals surface area contributed by atoms with Crippen molar-refractivity contribution in [2.24, 2.45) is 0 Å². The average Bonchev–Trinajstić information content (AvgIpc) is 3.03. The van der Waals surface area contributed by atoms with Gasteiger partial charge in [-0.1, -0.05) is 29.8 Å². The molecule has 2 aromatic carbocycles.